The van der Waals surface area contributed by atoms with E-state index in [1.165, 1.54) is 8.61 Å². The molecule has 1 aliphatic rings. The van der Waals surface area contributed by atoms with Gasteiger partial charge in [0.2, 0.25) is 0 Å². The Morgan fingerprint density at radius 1 is 1.11 bits per heavy atom. The zero-order valence-corrected chi connectivity index (χ0v) is 12.1. The Kier molecular flexibility index (Phi) is 3.98. The lowest BCUT2D eigenvalue weighted by Crippen LogP contribution is -2.51. The maximum absolute atomic E-state index is 12.0. The van der Waals surface area contributed by atoms with Crippen molar-refractivity contribution in [3.05, 3.63) is 24.3 Å². The molecule has 19 heavy (non-hydrogen) atoms. The van der Waals surface area contributed by atoms with Gasteiger partial charge >= 0.3 is 0 Å². The molecular formula is C12H20N4O2S. The van der Waals surface area contributed by atoms with Crippen molar-refractivity contribution in [3.8, 4) is 0 Å². The van der Waals surface area contributed by atoms with Crippen LogP contribution in [-0.4, -0.2) is 57.3 Å². The molecule has 0 spiro atoms. The van der Waals surface area contributed by atoms with Crippen LogP contribution in [0.4, 0.5) is 11.4 Å². The summed E-state index contributed by atoms with van der Waals surface area (Å²) in [5.41, 5.74) is 7.64. The summed E-state index contributed by atoms with van der Waals surface area (Å²) in [5.74, 6) is 0. The monoisotopic (exact) mass is 284 g/mol. The third kappa shape index (κ3) is 2.83. The van der Waals surface area contributed by atoms with Crippen molar-refractivity contribution in [1.29, 1.82) is 0 Å². The standard InChI is InChI=1S/C12H20N4O2S/c1-14(2)19(17,18)16-9-7-15(8-10-16)12-6-4-3-5-11(12)13/h3-6H,7-10,13H2,1-2H3. The largest absolute Gasteiger partial charge is 0.397 e. The SMILES string of the molecule is CN(C)S(=O)(=O)N1CCN(c2ccccc2N)CC1. The first-order valence-electron chi connectivity index (χ1n) is 6.20. The fourth-order valence-electron chi connectivity index (χ4n) is 2.17. The van der Waals surface area contributed by atoms with Crippen LogP contribution in [-0.2, 0) is 10.2 Å². The highest BCUT2D eigenvalue weighted by Crippen LogP contribution is 2.24. The van der Waals surface area contributed by atoms with Gasteiger partial charge in [-0.2, -0.15) is 17.0 Å². The van der Waals surface area contributed by atoms with Gasteiger partial charge in [-0.3, -0.25) is 0 Å². The average molecular weight is 284 g/mol. The number of rotatable bonds is 3. The van der Waals surface area contributed by atoms with E-state index in [4.69, 9.17) is 5.73 Å². The zero-order valence-electron chi connectivity index (χ0n) is 11.3. The molecule has 0 saturated carbocycles. The van der Waals surface area contributed by atoms with Gasteiger partial charge in [0.1, 0.15) is 0 Å². The molecule has 1 aliphatic heterocycles. The smallest absolute Gasteiger partial charge is 0.281 e. The zero-order chi connectivity index (χ0) is 14.0. The van der Waals surface area contributed by atoms with Gasteiger partial charge < -0.3 is 10.6 Å². The molecule has 1 heterocycles. The van der Waals surface area contributed by atoms with E-state index in [0.29, 0.717) is 26.2 Å². The number of piperazine rings is 1. The summed E-state index contributed by atoms with van der Waals surface area (Å²) in [6, 6.07) is 7.66. The minimum absolute atomic E-state index is 0.481. The number of hydrogen-bond donors (Lipinski definition) is 1. The van der Waals surface area contributed by atoms with Gasteiger partial charge in [0, 0.05) is 40.3 Å². The van der Waals surface area contributed by atoms with Crippen LogP contribution in [0.15, 0.2) is 24.3 Å². The first kappa shape index (κ1) is 14.1. The van der Waals surface area contributed by atoms with Gasteiger partial charge in [-0.15, -0.1) is 0 Å². The third-order valence-electron chi connectivity index (χ3n) is 3.30. The number of nitrogens with zero attached hydrogens (tertiary/aromatic N) is 3. The van der Waals surface area contributed by atoms with Crippen molar-refractivity contribution < 1.29 is 8.42 Å². The molecule has 0 bridgehead atoms. The molecule has 0 amide bonds. The van der Waals surface area contributed by atoms with E-state index >= 15 is 0 Å². The van der Waals surface area contributed by atoms with Crippen LogP contribution in [0.2, 0.25) is 0 Å². The summed E-state index contributed by atoms with van der Waals surface area (Å²) in [7, 11) is -0.202. The molecular weight excluding hydrogens is 264 g/mol. The predicted octanol–water partition coefficient (Wildman–Crippen LogP) is 0.197. The van der Waals surface area contributed by atoms with E-state index in [0.717, 1.165) is 11.4 Å². The predicted molar refractivity (Wildman–Crippen MR) is 77.2 cm³/mol. The number of para-hydroxylation sites is 2. The Bertz CT molecular complexity index is 536. The van der Waals surface area contributed by atoms with E-state index in [1.54, 1.807) is 14.1 Å². The molecule has 1 aromatic rings. The van der Waals surface area contributed by atoms with Crippen LogP contribution in [0.3, 0.4) is 0 Å². The first-order valence-corrected chi connectivity index (χ1v) is 7.59. The van der Waals surface area contributed by atoms with Gasteiger partial charge in [-0.1, -0.05) is 12.1 Å². The number of hydrogen-bond acceptors (Lipinski definition) is 4. The van der Waals surface area contributed by atoms with E-state index < -0.39 is 10.2 Å². The second-order valence-electron chi connectivity index (χ2n) is 4.74. The Hall–Kier alpha value is -1.31. The quantitative estimate of drug-likeness (QED) is 0.805. The highest BCUT2D eigenvalue weighted by atomic mass is 32.2. The maximum Gasteiger partial charge on any atom is 0.281 e. The van der Waals surface area contributed by atoms with E-state index in [2.05, 4.69) is 4.90 Å². The van der Waals surface area contributed by atoms with Crippen LogP contribution in [0.25, 0.3) is 0 Å². The second-order valence-corrected chi connectivity index (χ2v) is 6.88. The molecule has 0 atom stereocenters. The molecule has 6 nitrogen and oxygen atoms in total. The van der Waals surface area contributed by atoms with Crippen molar-refractivity contribution in [2.24, 2.45) is 0 Å². The lowest BCUT2D eigenvalue weighted by atomic mass is 10.2. The molecule has 0 radical (unpaired) electrons. The second kappa shape index (κ2) is 5.36. The molecule has 1 fully saturated rings. The summed E-state index contributed by atoms with van der Waals surface area (Å²) in [4.78, 5) is 2.12. The Labute approximate surface area is 114 Å². The van der Waals surface area contributed by atoms with Crippen molar-refractivity contribution in [2.75, 3.05) is 50.9 Å². The molecule has 2 rings (SSSR count). The number of anilines is 2. The fourth-order valence-corrected chi connectivity index (χ4v) is 3.25. The highest BCUT2D eigenvalue weighted by Gasteiger charge is 2.28. The number of nitrogen functional groups attached to an aromatic ring is 1. The molecule has 2 N–H and O–H groups in total. The highest BCUT2D eigenvalue weighted by molar-refractivity contribution is 7.86. The fraction of sp³-hybridized carbons (Fsp3) is 0.500. The summed E-state index contributed by atoms with van der Waals surface area (Å²) in [6.07, 6.45) is 0. The van der Waals surface area contributed by atoms with Gasteiger partial charge in [0.05, 0.1) is 11.4 Å². The molecule has 106 valence electrons. The van der Waals surface area contributed by atoms with Crippen LogP contribution in [0.1, 0.15) is 0 Å². The first-order chi connectivity index (χ1) is 8.93. The number of benzene rings is 1. The van der Waals surface area contributed by atoms with Gasteiger partial charge in [0.25, 0.3) is 10.2 Å². The van der Waals surface area contributed by atoms with E-state index in [9.17, 15) is 8.42 Å². The van der Waals surface area contributed by atoms with Crippen molar-refractivity contribution in [1.82, 2.24) is 8.61 Å². The molecule has 1 saturated heterocycles. The van der Waals surface area contributed by atoms with E-state index in [-0.39, 0.29) is 0 Å². The molecule has 1 aromatic carbocycles. The van der Waals surface area contributed by atoms with E-state index in [1.807, 2.05) is 24.3 Å². The molecule has 0 aromatic heterocycles. The third-order valence-corrected chi connectivity index (χ3v) is 5.24. The lowest BCUT2D eigenvalue weighted by molar-refractivity contribution is 0.356. The topological polar surface area (TPSA) is 69.9 Å². The Morgan fingerprint density at radius 2 is 1.68 bits per heavy atom. The van der Waals surface area contributed by atoms with Crippen LogP contribution in [0, 0.1) is 0 Å². The van der Waals surface area contributed by atoms with Gasteiger partial charge in [-0.25, -0.2) is 0 Å². The molecule has 0 aliphatic carbocycles. The van der Waals surface area contributed by atoms with Crippen LogP contribution < -0.4 is 10.6 Å². The normalized spacial score (nSPS) is 17.9. The summed E-state index contributed by atoms with van der Waals surface area (Å²) < 4.78 is 26.8. The van der Waals surface area contributed by atoms with Crippen LogP contribution >= 0.6 is 0 Å². The van der Waals surface area contributed by atoms with Crippen molar-refractivity contribution >= 4 is 21.6 Å². The summed E-state index contributed by atoms with van der Waals surface area (Å²) >= 11 is 0. The Morgan fingerprint density at radius 3 is 2.21 bits per heavy atom. The number of nitrogens with two attached hydrogens (primary N) is 1. The van der Waals surface area contributed by atoms with Crippen molar-refractivity contribution in [3.63, 3.8) is 0 Å². The summed E-state index contributed by atoms with van der Waals surface area (Å²) in [6.45, 7) is 2.27. The molecule has 0 unspecified atom stereocenters. The maximum atomic E-state index is 12.0. The van der Waals surface area contributed by atoms with Gasteiger partial charge in [-0.05, 0) is 12.1 Å². The van der Waals surface area contributed by atoms with Gasteiger partial charge in [0.15, 0.2) is 0 Å². The lowest BCUT2D eigenvalue weighted by Gasteiger charge is -2.36. The molecule has 7 heteroatoms. The summed E-state index contributed by atoms with van der Waals surface area (Å²) in [5, 5.41) is 0. The van der Waals surface area contributed by atoms with Crippen LogP contribution in [0.5, 0.6) is 0 Å². The van der Waals surface area contributed by atoms with Crippen molar-refractivity contribution in [2.45, 2.75) is 0 Å². The average Bonchev–Trinajstić information content (AvgIpc) is 2.39. The Balaban J connectivity index is 2.06. The minimum atomic E-state index is -3.31. The minimum Gasteiger partial charge on any atom is -0.397 e.